The summed E-state index contributed by atoms with van der Waals surface area (Å²) in [5, 5.41) is 0. The van der Waals surface area contributed by atoms with E-state index in [2.05, 4.69) is 0 Å². The summed E-state index contributed by atoms with van der Waals surface area (Å²) < 4.78 is 23.7. The molecular weight excluding hydrogens is 110 g/mol. The minimum atomic E-state index is -0.662. The first-order chi connectivity index (χ1) is 3.79. The predicted octanol–water partition coefficient (Wildman–Crippen LogP) is 1.76. The van der Waals surface area contributed by atoms with Gasteiger partial charge in [-0.2, -0.15) is 6.07 Å². The van der Waals surface area contributed by atoms with Gasteiger partial charge in [0, 0.05) is 11.6 Å². The Bertz CT molecular complexity index is 166. The van der Waals surface area contributed by atoms with Crippen LogP contribution in [0.5, 0.6) is 0 Å². The molecule has 1 rings (SSSR count). The van der Waals surface area contributed by atoms with Crippen molar-refractivity contribution in [1.82, 2.24) is 0 Å². The van der Waals surface area contributed by atoms with Gasteiger partial charge in [0.1, 0.15) is 0 Å². The lowest BCUT2D eigenvalue weighted by Gasteiger charge is -1.94. The third-order valence-corrected chi connectivity index (χ3v) is 0.724. The zero-order chi connectivity index (χ0) is 5.98. The summed E-state index contributed by atoms with van der Waals surface area (Å²) in [6, 6.07) is 5.41. The van der Waals surface area contributed by atoms with Crippen LogP contribution in [0.3, 0.4) is 0 Å². The summed E-state index contributed by atoms with van der Waals surface area (Å²) in [4.78, 5) is 0. The van der Waals surface area contributed by atoms with Crippen LogP contribution < -0.4 is 0 Å². The van der Waals surface area contributed by atoms with E-state index in [0.29, 0.717) is 0 Å². The Hall–Kier alpha value is -0.920. The van der Waals surface area contributed by atoms with Crippen molar-refractivity contribution in [2.75, 3.05) is 0 Å². The van der Waals surface area contributed by atoms with Crippen molar-refractivity contribution >= 4 is 0 Å². The van der Waals surface area contributed by atoms with Crippen LogP contribution in [0.1, 0.15) is 0 Å². The van der Waals surface area contributed by atoms with Gasteiger partial charge in [0.2, 0.25) is 0 Å². The van der Waals surface area contributed by atoms with Crippen molar-refractivity contribution < 1.29 is 8.78 Å². The average Bonchev–Trinajstić information content (AvgIpc) is 1.64. The molecule has 0 unspecified atom stereocenters. The molecule has 0 aliphatic rings. The Morgan fingerprint density at radius 1 is 1.12 bits per heavy atom. The summed E-state index contributed by atoms with van der Waals surface area (Å²) in [6.07, 6.45) is 0. The van der Waals surface area contributed by atoms with Gasteiger partial charge in [-0.1, -0.05) is 0 Å². The highest BCUT2D eigenvalue weighted by Crippen LogP contribution is 1.97. The number of halogens is 2. The van der Waals surface area contributed by atoms with Gasteiger partial charge in [-0.15, -0.1) is 18.2 Å². The molecule has 1 aromatic carbocycles. The summed E-state index contributed by atoms with van der Waals surface area (Å²) in [7, 11) is 0. The highest BCUT2D eigenvalue weighted by molar-refractivity contribution is 5.03. The van der Waals surface area contributed by atoms with Gasteiger partial charge in [-0.25, -0.2) is 8.78 Å². The summed E-state index contributed by atoms with van der Waals surface area (Å²) >= 11 is 0. The Kier molecular flexibility index (Phi) is 1.24. The molecule has 0 N–H and O–H groups in total. The topological polar surface area (TPSA) is 0 Å². The second-order valence-electron chi connectivity index (χ2n) is 1.35. The Morgan fingerprint density at radius 2 is 1.62 bits per heavy atom. The number of hydrogen-bond donors (Lipinski definition) is 0. The van der Waals surface area contributed by atoms with Crippen LogP contribution in [-0.2, 0) is 0 Å². The van der Waals surface area contributed by atoms with Crippen molar-refractivity contribution in [3.63, 3.8) is 0 Å². The molecule has 0 bridgehead atoms. The molecule has 0 fully saturated rings. The molecule has 0 aromatic heterocycles. The number of hydrogen-bond acceptors (Lipinski definition) is 0. The molecule has 0 saturated carbocycles. The molecular formula is C6H3F2-. The van der Waals surface area contributed by atoms with E-state index >= 15 is 0 Å². The summed E-state index contributed by atoms with van der Waals surface area (Å²) in [5.41, 5.74) is 0. The zero-order valence-corrected chi connectivity index (χ0v) is 3.99. The number of rotatable bonds is 0. The van der Waals surface area contributed by atoms with Gasteiger partial charge in [-0.3, -0.25) is 0 Å². The second-order valence-corrected chi connectivity index (χ2v) is 1.35. The largest absolute Gasteiger partial charge is 0.236 e. The standard InChI is InChI=1S/C6H3F2/c7-5-2-1-3-6(8)4-5/h1-3H/q-1. The molecule has 0 saturated heterocycles. The summed E-state index contributed by atoms with van der Waals surface area (Å²) in [5.74, 6) is -1.32. The van der Waals surface area contributed by atoms with E-state index in [1.54, 1.807) is 0 Å². The van der Waals surface area contributed by atoms with Gasteiger partial charge in [0.25, 0.3) is 0 Å². The van der Waals surface area contributed by atoms with Crippen LogP contribution in [0.25, 0.3) is 0 Å². The molecule has 0 heterocycles. The lowest BCUT2D eigenvalue weighted by atomic mass is 10.3. The average molecular weight is 113 g/mol. The first-order valence-electron chi connectivity index (χ1n) is 2.12. The van der Waals surface area contributed by atoms with Crippen LogP contribution in [0, 0.1) is 17.7 Å². The third-order valence-electron chi connectivity index (χ3n) is 0.724. The monoisotopic (exact) mass is 113 g/mol. The molecule has 0 atom stereocenters. The lowest BCUT2D eigenvalue weighted by molar-refractivity contribution is 0.579. The lowest BCUT2D eigenvalue weighted by Crippen LogP contribution is -1.74. The van der Waals surface area contributed by atoms with Crippen molar-refractivity contribution in [3.05, 3.63) is 35.9 Å². The third kappa shape index (κ3) is 1.03. The molecule has 1 aromatic rings. The Morgan fingerprint density at radius 3 is 1.88 bits per heavy atom. The van der Waals surface area contributed by atoms with E-state index in [4.69, 9.17) is 0 Å². The maximum Gasteiger partial charge on any atom is 0.0136 e. The van der Waals surface area contributed by atoms with Crippen LogP contribution in [0.4, 0.5) is 8.78 Å². The molecule has 2 heteroatoms. The molecule has 0 aliphatic heterocycles. The molecule has 0 amide bonds. The van der Waals surface area contributed by atoms with Crippen molar-refractivity contribution in [2.45, 2.75) is 0 Å². The highest BCUT2D eigenvalue weighted by atomic mass is 19.1. The van der Waals surface area contributed by atoms with Crippen molar-refractivity contribution in [3.8, 4) is 0 Å². The van der Waals surface area contributed by atoms with E-state index in [1.807, 2.05) is 6.07 Å². The molecule has 0 nitrogen and oxygen atoms in total. The van der Waals surface area contributed by atoms with Gasteiger partial charge in [0.15, 0.2) is 0 Å². The normalized spacial score (nSPS) is 9.25. The van der Waals surface area contributed by atoms with Crippen LogP contribution in [0.2, 0.25) is 0 Å². The van der Waals surface area contributed by atoms with Gasteiger partial charge in [-0.05, 0) is 0 Å². The Balaban J connectivity index is 3.08. The zero-order valence-electron chi connectivity index (χ0n) is 3.99. The molecule has 0 radical (unpaired) electrons. The fraction of sp³-hybridized carbons (Fsp3) is 0. The van der Waals surface area contributed by atoms with E-state index in [1.165, 1.54) is 6.07 Å². The molecule has 8 heavy (non-hydrogen) atoms. The van der Waals surface area contributed by atoms with E-state index < -0.39 is 11.6 Å². The first kappa shape index (κ1) is 5.22. The Labute approximate surface area is 45.8 Å². The fourth-order valence-corrected chi connectivity index (χ4v) is 0.414. The predicted molar refractivity (Wildman–Crippen MR) is 25.2 cm³/mol. The van der Waals surface area contributed by atoms with E-state index in [0.717, 1.165) is 12.1 Å². The van der Waals surface area contributed by atoms with Crippen molar-refractivity contribution in [2.24, 2.45) is 0 Å². The second kappa shape index (κ2) is 1.90. The minimum Gasteiger partial charge on any atom is -0.236 e. The van der Waals surface area contributed by atoms with Gasteiger partial charge in [0.05, 0.1) is 0 Å². The van der Waals surface area contributed by atoms with E-state index in [9.17, 15) is 8.78 Å². The van der Waals surface area contributed by atoms with Crippen LogP contribution in [0.15, 0.2) is 18.2 Å². The maximum atomic E-state index is 11.9. The highest BCUT2D eigenvalue weighted by Gasteiger charge is 1.77. The van der Waals surface area contributed by atoms with Gasteiger partial charge >= 0.3 is 0 Å². The molecule has 0 aliphatic carbocycles. The van der Waals surface area contributed by atoms with Crippen LogP contribution >= 0.6 is 0 Å². The van der Waals surface area contributed by atoms with Crippen LogP contribution in [-0.4, -0.2) is 0 Å². The minimum absolute atomic E-state index is 0.662. The molecule has 0 spiro atoms. The molecule has 42 valence electrons. The van der Waals surface area contributed by atoms with E-state index in [-0.39, 0.29) is 0 Å². The maximum absolute atomic E-state index is 11.9. The smallest absolute Gasteiger partial charge is 0.0136 e. The SMILES string of the molecule is Fc1[c-]c(F)ccc1. The fourth-order valence-electron chi connectivity index (χ4n) is 0.414. The number of benzene rings is 1. The summed E-state index contributed by atoms with van der Waals surface area (Å²) in [6.45, 7) is 0. The quantitative estimate of drug-likeness (QED) is 0.450. The van der Waals surface area contributed by atoms with Gasteiger partial charge < -0.3 is 0 Å². The van der Waals surface area contributed by atoms with Crippen molar-refractivity contribution in [1.29, 1.82) is 0 Å². The first-order valence-corrected chi connectivity index (χ1v) is 2.12.